The number of thioether (sulfide) groups is 1. The van der Waals surface area contributed by atoms with Crippen molar-refractivity contribution in [1.29, 1.82) is 0 Å². The highest BCUT2D eigenvalue weighted by Crippen LogP contribution is 2.36. The third kappa shape index (κ3) is 4.92. The molecule has 0 aliphatic carbocycles. The predicted molar refractivity (Wildman–Crippen MR) is 140 cm³/mol. The Morgan fingerprint density at radius 3 is 2.59 bits per heavy atom. The minimum Gasteiger partial charge on any atom is -0.494 e. The molecule has 1 aromatic heterocycles. The number of hydrogen-bond donors (Lipinski definition) is 1. The lowest BCUT2D eigenvalue weighted by molar-refractivity contribution is -0.127. The van der Waals surface area contributed by atoms with E-state index in [9.17, 15) is 14.4 Å². The van der Waals surface area contributed by atoms with Gasteiger partial charge in [0.05, 0.1) is 11.5 Å². The molecule has 2 aliphatic rings. The number of amides is 3. The minimum atomic E-state index is -0.496. The summed E-state index contributed by atoms with van der Waals surface area (Å²) in [6.07, 6.45) is 1.70. The number of nitrogens with zero attached hydrogens (tertiary/aromatic N) is 2. The van der Waals surface area contributed by atoms with Crippen LogP contribution in [0.25, 0.3) is 11.8 Å². The van der Waals surface area contributed by atoms with E-state index in [0.717, 1.165) is 39.3 Å². The Hall–Kier alpha value is -4.18. The maximum atomic E-state index is 13.0. The van der Waals surface area contributed by atoms with E-state index in [4.69, 9.17) is 14.2 Å². The molecule has 37 heavy (non-hydrogen) atoms. The molecule has 2 aliphatic heterocycles. The topological polar surface area (TPSA) is 99.1 Å². The first-order valence-electron chi connectivity index (χ1n) is 11.7. The Morgan fingerprint density at radius 1 is 1.08 bits per heavy atom. The quantitative estimate of drug-likeness (QED) is 0.444. The van der Waals surface area contributed by atoms with E-state index < -0.39 is 17.1 Å². The fraction of sp³-hybridized carbons (Fsp3) is 0.222. The first kappa shape index (κ1) is 24.5. The monoisotopic (exact) mass is 519 g/mol. The van der Waals surface area contributed by atoms with Gasteiger partial charge in [-0.15, -0.1) is 0 Å². The molecule has 0 bridgehead atoms. The number of aryl methyl sites for hydroxylation is 1. The molecular weight excluding hydrogens is 494 g/mol. The van der Waals surface area contributed by atoms with Crippen molar-refractivity contribution >= 4 is 40.6 Å². The zero-order valence-corrected chi connectivity index (χ0v) is 21.4. The largest absolute Gasteiger partial charge is 0.494 e. The highest BCUT2D eigenvalue weighted by molar-refractivity contribution is 8.18. The normalized spacial score (nSPS) is 15.5. The van der Waals surface area contributed by atoms with Crippen LogP contribution in [0.15, 0.2) is 53.4 Å². The second kappa shape index (κ2) is 10.1. The van der Waals surface area contributed by atoms with Gasteiger partial charge in [-0.05, 0) is 86.6 Å². The number of hydrogen-bond acceptors (Lipinski definition) is 7. The number of anilines is 1. The SMILES string of the molecule is CCOc1ccc(NC(=O)CN2C(=O)S/C(=C/c3cc(C)n(-c4ccc5c(c4)OCO5)c3C)C2=O)cc1. The minimum absolute atomic E-state index is 0.196. The van der Waals surface area contributed by atoms with Gasteiger partial charge >= 0.3 is 0 Å². The number of rotatable bonds is 7. The molecule has 2 aromatic carbocycles. The summed E-state index contributed by atoms with van der Waals surface area (Å²) in [5.74, 6) is 1.11. The number of carbonyl (C=O) groups is 3. The van der Waals surface area contributed by atoms with Crippen molar-refractivity contribution in [2.45, 2.75) is 20.8 Å². The summed E-state index contributed by atoms with van der Waals surface area (Å²) in [6, 6.07) is 14.5. The molecule has 0 unspecified atom stereocenters. The zero-order valence-electron chi connectivity index (χ0n) is 20.6. The lowest BCUT2D eigenvalue weighted by Crippen LogP contribution is -2.36. The molecule has 10 heteroatoms. The molecule has 3 aromatic rings. The molecular formula is C27H25N3O6S. The van der Waals surface area contributed by atoms with Crippen molar-refractivity contribution in [1.82, 2.24) is 9.47 Å². The molecule has 3 heterocycles. The van der Waals surface area contributed by atoms with Gasteiger partial charge in [-0.3, -0.25) is 19.3 Å². The Labute approximate surface area is 218 Å². The Morgan fingerprint density at radius 2 is 1.84 bits per heavy atom. The van der Waals surface area contributed by atoms with E-state index in [0.29, 0.717) is 29.5 Å². The summed E-state index contributed by atoms with van der Waals surface area (Å²) in [4.78, 5) is 39.3. The molecule has 0 saturated carbocycles. The van der Waals surface area contributed by atoms with Gasteiger partial charge in [0.15, 0.2) is 11.5 Å². The number of imide groups is 1. The van der Waals surface area contributed by atoms with Crippen molar-refractivity contribution in [3.05, 3.63) is 70.4 Å². The standard InChI is InChI=1S/C27H25N3O6S/c1-4-34-21-8-5-19(6-9-21)28-25(31)14-29-26(32)24(37-27(29)33)12-18-11-16(2)30(17(18)3)20-7-10-22-23(13-20)36-15-35-22/h5-13H,4,14-15H2,1-3H3,(H,28,31)/b24-12+. The van der Waals surface area contributed by atoms with Gasteiger partial charge in [-0.25, -0.2) is 0 Å². The van der Waals surface area contributed by atoms with Crippen LogP contribution >= 0.6 is 11.8 Å². The fourth-order valence-electron chi connectivity index (χ4n) is 4.28. The number of nitrogens with one attached hydrogen (secondary N) is 1. The van der Waals surface area contributed by atoms with Crippen LogP contribution in [0.2, 0.25) is 0 Å². The van der Waals surface area contributed by atoms with Crippen LogP contribution in [-0.4, -0.2) is 46.5 Å². The molecule has 0 atom stereocenters. The van der Waals surface area contributed by atoms with Gasteiger partial charge in [0.25, 0.3) is 11.1 Å². The van der Waals surface area contributed by atoms with E-state index >= 15 is 0 Å². The fourth-order valence-corrected chi connectivity index (χ4v) is 5.11. The highest BCUT2D eigenvalue weighted by Gasteiger charge is 2.36. The van der Waals surface area contributed by atoms with Gasteiger partial charge in [0.1, 0.15) is 12.3 Å². The molecule has 0 spiro atoms. The summed E-state index contributed by atoms with van der Waals surface area (Å²) >= 11 is 0.824. The smallest absolute Gasteiger partial charge is 0.294 e. The average Bonchev–Trinajstić information content (AvgIpc) is 3.52. The number of fused-ring (bicyclic) bond motifs is 1. The second-order valence-electron chi connectivity index (χ2n) is 8.47. The summed E-state index contributed by atoms with van der Waals surface area (Å²) in [5.41, 5.74) is 4.11. The van der Waals surface area contributed by atoms with Gasteiger partial charge in [0, 0.05) is 28.8 Å². The maximum Gasteiger partial charge on any atom is 0.294 e. The predicted octanol–water partition coefficient (Wildman–Crippen LogP) is 4.90. The molecule has 1 saturated heterocycles. The van der Waals surface area contributed by atoms with Crippen molar-refractivity contribution in [3.8, 4) is 22.9 Å². The molecule has 190 valence electrons. The van der Waals surface area contributed by atoms with Crippen molar-refractivity contribution in [2.24, 2.45) is 0 Å². The summed E-state index contributed by atoms with van der Waals surface area (Å²) < 4.78 is 18.3. The zero-order chi connectivity index (χ0) is 26.1. The van der Waals surface area contributed by atoms with Crippen molar-refractivity contribution < 1.29 is 28.6 Å². The summed E-state index contributed by atoms with van der Waals surface area (Å²) in [5, 5.41) is 2.22. The van der Waals surface area contributed by atoms with Gasteiger partial charge in [-0.1, -0.05) is 0 Å². The Bertz CT molecular complexity index is 1430. The van der Waals surface area contributed by atoms with Gasteiger partial charge < -0.3 is 24.1 Å². The molecule has 3 amide bonds. The number of benzene rings is 2. The Balaban J connectivity index is 1.30. The van der Waals surface area contributed by atoms with Gasteiger partial charge in [0.2, 0.25) is 12.7 Å². The second-order valence-corrected chi connectivity index (χ2v) is 9.47. The third-order valence-corrected chi connectivity index (χ3v) is 6.90. The van der Waals surface area contributed by atoms with Gasteiger partial charge in [-0.2, -0.15) is 0 Å². The van der Waals surface area contributed by atoms with Crippen LogP contribution in [0.5, 0.6) is 17.2 Å². The third-order valence-electron chi connectivity index (χ3n) is 6.00. The summed E-state index contributed by atoms with van der Waals surface area (Å²) in [6.45, 7) is 6.16. The van der Waals surface area contributed by atoms with E-state index in [1.165, 1.54) is 0 Å². The summed E-state index contributed by atoms with van der Waals surface area (Å²) in [7, 11) is 0. The van der Waals surface area contributed by atoms with E-state index in [1.807, 2.05) is 49.6 Å². The van der Waals surface area contributed by atoms with Crippen LogP contribution < -0.4 is 19.5 Å². The maximum absolute atomic E-state index is 13.0. The van der Waals surface area contributed by atoms with E-state index in [1.54, 1.807) is 30.3 Å². The lowest BCUT2D eigenvalue weighted by atomic mass is 10.2. The first-order chi connectivity index (χ1) is 17.8. The molecule has 5 rings (SSSR count). The number of aromatic nitrogens is 1. The van der Waals surface area contributed by atoms with Crippen LogP contribution in [0, 0.1) is 13.8 Å². The Kier molecular flexibility index (Phi) is 6.66. The van der Waals surface area contributed by atoms with Crippen LogP contribution in [0.1, 0.15) is 23.9 Å². The van der Waals surface area contributed by atoms with Crippen LogP contribution in [-0.2, 0) is 9.59 Å². The van der Waals surface area contributed by atoms with Crippen molar-refractivity contribution in [2.75, 3.05) is 25.3 Å². The number of carbonyl (C=O) groups excluding carboxylic acids is 3. The molecule has 1 fully saturated rings. The average molecular weight is 520 g/mol. The molecule has 1 N–H and O–H groups in total. The molecule has 0 radical (unpaired) electrons. The van der Waals surface area contributed by atoms with E-state index in [2.05, 4.69) is 5.32 Å². The van der Waals surface area contributed by atoms with Crippen LogP contribution in [0.3, 0.4) is 0 Å². The van der Waals surface area contributed by atoms with Crippen molar-refractivity contribution in [3.63, 3.8) is 0 Å². The van der Waals surface area contributed by atoms with Crippen LogP contribution in [0.4, 0.5) is 10.5 Å². The van der Waals surface area contributed by atoms with E-state index in [-0.39, 0.29) is 18.2 Å². The number of ether oxygens (including phenoxy) is 3. The molecule has 9 nitrogen and oxygen atoms in total. The lowest BCUT2D eigenvalue weighted by Gasteiger charge is -2.13. The highest BCUT2D eigenvalue weighted by atomic mass is 32.2. The first-order valence-corrected chi connectivity index (χ1v) is 12.5.